The second-order valence-electron chi connectivity index (χ2n) is 5.07. The zero-order valence-corrected chi connectivity index (χ0v) is 13.5. The van der Waals surface area contributed by atoms with Crippen LogP contribution in [-0.2, 0) is 4.79 Å². The third-order valence-electron chi connectivity index (χ3n) is 3.20. The third kappa shape index (κ3) is 5.96. The van der Waals surface area contributed by atoms with Crippen LogP contribution >= 0.6 is 0 Å². The van der Waals surface area contributed by atoms with Crippen LogP contribution in [0.1, 0.15) is 12.5 Å². The van der Waals surface area contributed by atoms with E-state index in [1.807, 2.05) is 5.43 Å². The summed E-state index contributed by atoms with van der Waals surface area (Å²) < 4.78 is 5.19. The van der Waals surface area contributed by atoms with Crippen LogP contribution in [-0.4, -0.2) is 80.4 Å². The fourth-order valence-corrected chi connectivity index (χ4v) is 1.80. The second-order valence-corrected chi connectivity index (χ2v) is 5.07. The molecule has 1 aromatic carbocycles. The number of hydrogen-bond acceptors (Lipinski definition) is 9. The quantitative estimate of drug-likeness (QED) is 0.190. The zero-order valence-electron chi connectivity index (χ0n) is 13.5. The number of hydrogen-bond donors (Lipinski definition) is 7. The van der Waals surface area contributed by atoms with Crippen molar-refractivity contribution in [1.82, 2.24) is 5.43 Å². The maximum Gasteiger partial charge on any atom is 0.271 e. The maximum absolute atomic E-state index is 11.7. The number of amides is 1. The minimum Gasteiger partial charge on any atom is -0.504 e. The number of aromatic hydroxyl groups is 1. The van der Waals surface area contributed by atoms with E-state index in [1.165, 1.54) is 24.4 Å². The number of aliphatic hydroxyl groups is 5. The lowest BCUT2D eigenvalue weighted by atomic mass is 10.0. The molecule has 140 valence electrons. The Morgan fingerprint density at radius 2 is 1.96 bits per heavy atom. The Labute approximate surface area is 143 Å². The summed E-state index contributed by atoms with van der Waals surface area (Å²) in [6.07, 6.45) is -6.52. The van der Waals surface area contributed by atoms with Gasteiger partial charge in [-0.1, -0.05) is 0 Å². The molecular weight excluding hydrogens is 336 g/mol. The third-order valence-corrected chi connectivity index (χ3v) is 3.20. The number of phenolic OH excluding ortho intramolecular Hbond substituents is 1. The summed E-state index contributed by atoms with van der Waals surface area (Å²) in [6, 6.07) is 4.35. The molecule has 1 rings (SSSR count). The lowest BCUT2D eigenvalue weighted by Crippen LogP contribution is -2.50. The molecule has 0 spiro atoms. The van der Waals surface area contributed by atoms with Gasteiger partial charge in [-0.05, 0) is 30.7 Å². The van der Waals surface area contributed by atoms with Gasteiger partial charge < -0.3 is 35.4 Å². The number of benzene rings is 1. The summed E-state index contributed by atoms with van der Waals surface area (Å²) in [7, 11) is 0. The fourth-order valence-electron chi connectivity index (χ4n) is 1.80. The molecule has 0 saturated carbocycles. The van der Waals surface area contributed by atoms with Gasteiger partial charge in [0.25, 0.3) is 5.91 Å². The predicted molar refractivity (Wildman–Crippen MR) is 86.1 cm³/mol. The normalized spacial score (nSPS) is 16.2. The van der Waals surface area contributed by atoms with Crippen LogP contribution in [0.2, 0.25) is 0 Å². The molecular formula is C15H22N2O8. The molecule has 4 atom stereocenters. The molecule has 10 nitrogen and oxygen atoms in total. The van der Waals surface area contributed by atoms with E-state index in [1.54, 1.807) is 6.92 Å². The molecule has 0 saturated heterocycles. The fraction of sp³-hybridized carbons (Fsp3) is 0.467. The second kappa shape index (κ2) is 9.91. The van der Waals surface area contributed by atoms with Gasteiger partial charge in [-0.15, -0.1) is 0 Å². The summed E-state index contributed by atoms with van der Waals surface area (Å²) in [5.74, 6) is -0.955. The molecule has 1 aromatic rings. The van der Waals surface area contributed by atoms with Gasteiger partial charge in [-0.25, -0.2) is 5.43 Å². The van der Waals surface area contributed by atoms with E-state index in [2.05, 4.69) is 5.10 Å². The molecule has 10 heteroatoms. The molecule has 0 aromatic heterocycles. The van der Waals surface area contributed by atoms with Crippen LogP contribution in [0, 0.1) is 0 Å². The first-order valence-electron chi connectivity index (χ1n) is 7.43. The summed E-state index contributed by atoms with van der Waals surface area (Å²) in [5.41, 5.74) is 2.43. The van der Waals surface area contributed by atoms with Gasteiger partial charge in [0.15, 0.2) is 17.6 Å². The van der Waals surface area contributed by atoms with Gasteiger partial charge in [0.1, 0.15) is 18.3 Å². The molecule has 0 bridgehead atoms. The van der Waals surface area contributed by atoms with E-state index in [4.69, 9.17) is 9.84 Å². The van der Waals surface area contributed by atoms with Gasteiger partial charge in [0.05, 0.1) is 19.4 Å². The Bertz CT molecular complexity index is 595. The number of nitrogens with zero attached hydrogens (tertiary/aromatic N) is 1. The van der Waals surface area contributed by atoms with E-state index in [9.17, 15) is 30.3 Å². The molecule has 25 heavy (non-hydrogen) atoms. The average molecular weight is 358 g/mol. The molecule has 0 fully saturated rings. The monoisotopic (exact) mass is 358 g/mol. The molecule has 0 aliphatic rings. The van der Waals surface area contributed by atoms with Crippen molar-refractivity contribution >= 4 is 12.1 Å². The number of ether oxygens (including phenoxy) is 1. The van der Waals surface area contributed by atoms with E-state index in [0.717, 1.165) is 0 Å². The first-order chi connectivity index (χ1) is 11.8. The first-order valence-corrected chi connectivity index (χ1v) is 7.43. The minimum absolute atomic E-state index is 0.0574. The van der Waals surface area contributed by atoms with Crippen molar-refractivity contribution < 1.29 is 40.2 Å². The lowest BCUT2D eigenvalue weighted by molar-refractivity contribution is -0.148. The highest BCUT2D eigenvalue weighted by Gasteiger charge is 2.34. The number of carbonyl (C=O) groups excluding carboxylic acids is 1. The molecule has 0 heterocycles. The van der Waals surface area contributed by atoms with Gasteiger partial charge in [-0.3, -0.25) is 4.79 Å². The van der Waals surface area contributed by atoms with Crippen molar-refractivity contribution in [2.75, 3.05) is 13.2 Å². The minimum atomic E-state index is -2.08. The van der Waals surface area contributed by atoms with Gasteiger partial charge in [0, 0.05) is 0 Å². The van der Waals surface area contributed by atoms with Crippen molar-refractivity contribution in [3.05, 3.63) is 23.8 Å². The number of hydrazone groups is 1. The number of aliphatic hydroxyl groups excluding tert-OH is 5. The Balaban J connectivity index is 2.66. The highest BCUT2D eigenvalue weighted by atomic mass is 16.5. The Morgan fingerprint density at radius 3 is 2.56 bits per heavy atom. The zero-order chi connectivity index (χ0) is 19.0. The van der Waals surface area contributed by atoms with Crippen LogP contribution in [0.4, 0.5) is 0 Å². The topological polar surface area (TPSA) is 172 Å². The highest BCUT2D eigenvalue weighted by molar-refractivity contribution is 5.85. The standard InChI is InChI=1S/C15H22N2O8/c1-2-25-11-5-8(3-4-9(11)19)6-16-17-15(24)14(23)13(22)12(21)10(20)7-18/h3-6,10,12-14,18-23H,2,7H2,1H3,(H,17,24)/b16-6-/t10-,12-,13+,14-/m1/s1. The molecule has 0 aliphatic heterocycles. The van der Waals surface area contributed by atoms with Crippen LogP contribution in [0.5, 0.6) is 11.5 Å². The van der Waals surface area contributed by atoms with E-state index in [0.29, 0.717) is 12.2 Å². The summed E-state index contributed by atoms with van der Waals surface area (Å²) in [5, 5.41) is 59.6. The molecule has 0 radical (unpaired) electrons. The van der Waals surface area contributed by atoms with Crippen LogP contribution in [0.25, 0.3) is 0 Å². The lowest BCUT2D eigenvalue weighted by Gasteiger charge is -2.24. The number of rotatable bonds is 9. The van der Waals surface area contributed by atoms with Gasteiger partial charge in [-0.2, -0.15) is 5.10 Å². The molecule has 7 N–H and O–H groups in total. The number of nitrogens with one attached hydrogen (secondary N) is 1. The molecule has 0 aliphatic carbocycles. The average Bonchev–Trinajstić information content (AvgIpc) is 2.61. The Kier molecular flexibility index (Phi) is 8.25. The Morgan fingerprint density at radius 1 is 1.28 bits per heavy atom. The van der Waals surface area contributed by atoms with E-state index >= 15 is 0 Å². The number of carbonyl (C=O) groups is 1. The predicted octanol–water partition coefficient (Wildman–Crippen LogP) is -2.32. The van der Waals surface area contributed by atoms with Crippen molar-refractivity contribution in [2.24, 2.45) is 5.10 Å². The Hall–Kier alpha value is -2.24. The highest BCUT2D eigenvalue weighted by Crippen LogP contribution is 2.26. The van der Waals surface area contributed by atoms with E-state index in [-0.39, 0.29) is 11.5 Å². The van der Waals surface area contributed by atoms with Crippen molar-refractivity contribution in [3.63, 3.8) is 0 Å². The summed E-state index contributed by atoms with van der Waals surface area (Å²) >= 11 is 0. The van der Waals surface area contributed by atoms with Crippen molar-refractivity contribution in [2.45, 2.75) is 31.3 Å². The maximum atomic E-state index is 11.7. The van der Waals surface area contributed by atoms with Crippen molar-refractivity contribution in [3.8, 4) is 11.5 Å². The van der Waals surface area contributed by atoms with Crippen LogP contribution in [0.15, 0.2) is 23.3 Å². The van der Waals surface area contributed by atoms with E-state index < -0.39 is 36.9 Å². The van der Waals surface area contributed by atoms with Gasteiger partial charge >= 0.3 is 0 Å². The first kappa shape index (κ1) is 20.8. The summed E-state index contributed by atoms with van der Waals surface area (Å²) in [4.78, 5) is 11.7. The molecule has 1 amide bonds. The smallest absolute Gasteiger partial charge is 0.271 e. The van der Waals surface area contributed by atoms with Crippen molar-refractivity contribution in [1.29, 1.82) is 0 Å². The van der Waals surface area contributed by atoms with Crippen LogP contribution in [0.3, 0.4) is 0 Å². The molecule has 0 unspecified atom stereocenters. The summed E-state index contributed by atoms with van der Waals surface area (Å²) in [6.45, 7) is 1.24. The largest absolute Gasteiger partial charge is 0.504 e. The SMILES string of the molecule is CCOc1cc(/C=N\NC(=O)[C@H](O)[C@@H](O)[C@H](O)[C@H](O)CO)ccc1O. The number of phenols is 1. The van der Waals surface area contributed by atoms with Gasteiger partial charge in [0.2, 0.25) is 0 Å². The van der Waals surface area contributed by atoms with Crippen LogP contribution < -0.4 is 10.2 Å².